The van der Waals surface area contributed by atoms with E-state index in [1.807, 2.05) is 6.92 Å². The first-order valence-electron chi connectivity index (χ1n) is 7.31. The maximum atomic E-state index is 11.5. The van der Waals surface area contributed by atoms with Gasteiger partial charge >= 0.3 is 0 Å². The molecule has 2 aromatic rings. The van der Waals surface area contributed by atoms with Crippen LogP contribution in [0.3, 0.4) is 0 Å². The second kappa shape index (κ2) is 5.53. The molecule has 1 heterocycles. The average Bonchev–Trinajstić information content (AvgIpc) is 2.83. The van der Waals surface area contributed by atoms with E-state index < -0.39 is 0 Å². The Morgan fingerprint density at radius 2 is 2.20 bits per heavy atom. The van der Waals surface area contributed by atoms with Crippen LogP contribution in [0.15, 0.2) is 30.4 Å². The van der Waals surface area contributed by atoms with Crippen molar-refractivity contribution in [2.24, 2.45) is 0 Å². The molecule has 0 radical (unpaired) electrons. The monoisotopic (exact) mass is 268 g/mol. The first-order chi connectivity index (χ1) is 9.78. The topological polar surface area (TPSA) is 44.9 Å². The fraction of sp³-hybridized carbons (Fsp3) is 0.353. The summed E-state index contributed by atoms with van der Waals surface area (Å²) in [6.07, 6.45) is 8.20. The molecule has 3 heteroatoms. The third-order valence-corrected chi connectivity index (χ3v) is 3.95. The van der Waals surface area contributed by atoms with Crippen LogP contribution in [0.2, 0.25) is 0 Å². The fourth-order valence-corrected chi connectivity index (χ4v) is 2.96. The molecule has 3 nitrogen and oxygen atoms in total. The molecule has 0 saturated heterocycles. The largest absolute Gasteiger partial charge is 0.358 e. The maximum Gasteiger partial charge on any atom is 0.243 e. The van der Waals surface area contributed by atoms with E-state index in [1.54, 1.807) is 12.2 Å². The van der Waals surface area contributed by atoms with E-state index in [0.29, 0.717) is 6.54 Å². The van der Waals surface area contributed by atoms with Crippen molar-refractivity contribution in [3.8, 4) is 0 Å². The number of fused-ring (bicyclic) bond motifs is 3. The maximum absolute atomic E-state index is 11.5. The Bertz CT molecular complexity index is 667. The molecular weight excluding hydrogens is 248 g/mol. The van der Waals surface area contributed by atoms with E-state index in [1.165, 1.54) is 41.4 Å². The minimum atomic E-state index is -0.0382. The van der Waals surface area contributed by atoms with E-state index in [0.717, 1.165) is 12.0 Å². The molecule has 3 rings (SSSR count). The van der Waals surface area contributed by atoms with Crippen molar-refractivity contribution in [3.63, 3.8) is 0 Å². The standard InChI is InChI=1S/C17H20N2O/c1-2-5-17(20)18-11-12-8-9-16-14(10-12)13-6-3-4-7-15(13)19-16/h2,5,8-10,19H,3-4,6-7,11H2,1H3,(H,18,20)/b5-2-. The Balaban J connectivity index is 1.84. The number of nitrogens with one attached hydrogen (secondary N) is 2. The van der Waals surface area contributed by atoms with E-state index in [-0.39, 0.29) is 5.91 Å². The number of aromatic amines is 1. The van der Waals surface area contributed by atoms with E-state index in [4.69, 9.17) is 0 Å². The lowest BCUT2D eigenvalue weighted by Gasteiger charge is -2.10. The quantitative estimate of drug-likeness (QED) is 0.825. The number of amides is 1. The second-order valence-corrected chi connectivity index (χ2v) is 5.39. The lowest BCUT2D eigenvalue weighted by atomic mass is 9.95. The molecule has 1 amide bonds. The van der Waals surface area contributed by atoms with Gasteiger partial charge in [-0.05, 0) is 61.9 Å². The number of hydrogen-bond acceptors (Lipinski definition) is 1. The lowest BCUT2D eigenvalue weighted by Crippen LogP contribution is -2.20. The molecule has 0 fully saturated rings. The van der Waals surface area contributed by atoms with Crippen molar-refractivity contribution < 1.29 is 4.79 Å². The van der Waals surface area contributed by atoms with Gasteiger partial charge in [-0.1, -0.05) is 12.1 Å². The number of rotatable bonds is 3. The van der Waals surface area contributed by atoms with E-state index >= 15 is 0 Å². The van der Waals surface area contributed by atoms with Crippen molar-refractivity contribution >= 4 is 16.8 Å². The Kier molecular flexibility index (Phi) is 3.59. The third kappa shape index (κ3) is 2.48. The number of carbonyl (C=O) groups excluding carboxylic acids is 1. The average molecular weight is 268 g/mol. The number of allylic oxidation sites excluding steroid dienone is 1. The first kappa shape index (κ1) is 13.0. The van der Waals surface area contributed by atoms with Crippen LogP contribution in [-0.4, -0.2) is 10.9 Å². The molecule has 104 valence electrons. The van der Waals surface area contributed by atoms with Crippen LogP contribution in [0.4, 0.5) is 0 Å². The van der Waals surface area contributed by atoms with Gasteiger partial charge in [-0.2, -0.15) is 0 Å². The predicted molar refractivity (Wildman–Crippen MR) is 81.6 cm³/mol. The SMILES string of the molecule is C/C=C\C(=O)NCc1ccc2[nH]c3c(c2c1)CCCC3. The normalized spacial score (nSPS) is 14.7. The van der Waals surface area contributed by atoms with Crippen molar-refractivity contribution in [2.75, 3.05) is 0 Å². The van der Waals surface area contributed by atoms with E-state index in [2.05, 4.69) is 28.5 Å². The van der Waals surface area contributed by atoms with Crippen LogP contribution in [0.5, 0.6) is 0 Å². The highest BCUT2D eigenvalue weighted by Gasteiger charge is 2.15. The molecule has 20 heavy (non-hydrogen) atoms. The van der Waals surface area contributed by atoms with Gasteiger partial charge in [-0.15, -0.1) is 0 Å². The highest BCUT2D eigenvalue weighted by Crippen LogP contribution is 2.29. The summed E-state index contributed by atoms with van der Waals surface area (Å²) in [4.78, 5) is 15.0. The van der Waals surface area contributed by atoms with Gasteiger partial charge in [0.1, 0.15) is 0 Å². The van der Waals surface area contributed by atoms with Gasteiger partial charge in [-0.3, -0.25) is 4.79 Å². The summed E-state index contributed by atoms with van der Waals surface area (Å²) in [5, 5.41) is 4.23. The summed E-state index contributed by atoms with van der Waals surface area (Å²) in [5.74, 6) is -0.0382. The molecule has 1 aromatic carbocycles. The summed E-state index contributed by atoms with van der Waals surface area (Å²) >= 11 is 0. The zero-order valence-corrected chi connectivity index (χ0v) is 11.8. The minimum Gasteiger partial charge on any atom is -0.358 e. The summed E-state index contributed by atoms with van der Waals surface area (Å²) < 4.78 is 0. The third-order valence-electron chi connectivity index (χ3n) is 3.95. The highest BCUT2D eigenvalue weighted by atomic mass is 16.1. The van der Waals surface area contributed by atoms with Gasteiger partial charge < -0.3 is 10.3 Å². The predicted octanol–water partition coefficient (Wildman–Crippen LogP) is 3.24. The lowest BCUT2D eigenvalue weighted by molar-refractivity contribution is -0.116. The van der Waals surface area contributed by atoms with Crippen LogP contribution in [-0.2, 0) is 24.2 Å². The van der Waals surface area contributed by atoms with Crippen molar-refractivity contribution in [2.45, 2.75) is 39.2 Å². The van der Waals surface area contributed by atoms with Gasteiger partial charge in [-0.25, -0.2) is 0 Å². The molecule has 1 aliphatic rings. The Morgan fingerprint density at radius 1 is 1.35 bits per heavy atom. The van der Waals surface area contributed by atoms with Crippen molar-refractivity contribution in [1.29, 1.82) is 0 Å². The molecule has 2 N–H and O–H groups in total. The smallest absolute Gasteiger partial charge is 0.243 e. The zero-order chi connectivity index (χ0) is 13.9. The van der Waals surface area contributed by atoms with Gasteiger partial charge in [0, 0.05) is 23.1 Å². The number of H-pyrrole nitrogens is 1. The zero-order valence-electron chi connectivity index (χ0n) is 11.8. The van der Waals surface area contributed by atoms with Crippen molar-refractivity contribution in [1.82, 2.24) is 10.3 Å². The molecular formula is C17H20N2O. The molecule has 0 bridgehead atoms. The molecule has 0 aliphatic heterocycles. The van der Waals surface area contributed by atoms with Crippen molar-refractivity contribution in [3.05, 3.63) is 47.2 Å². The van der Waals surface area contributed by atoms with Gasteiger partial charge in [0.05, 0.1) is 0 Å². The second-order valence-electron chi connectivity index (χ2n) is 5.39. The van der Waals surface area contributed by atoms with E-state index in [9.17, 15) is 4.79 Å². The van der Waals surface area contributed by atoms with Gasteiger partial charge in [0.2, 0.25) is 5.91 Å². The van der Waals surface area contributed by atoms with Crippen LogP contribution >= 0.6 is 0 Å². The Morgan fingerprint density at radius 3 is 3.05 bits per heavy atom. The summed E-state index contributed by atoms with van der Waals surface area (Å²) in [7, 11) is 0. The molecule has 0 unspecified atom stereocenters. The number of aromatic nitrogens is 1. The van der Waals surface area contributed by atoms with Gasteiger partial charge in [0.25, 0.3) is 0 Å². The summed E-state index contributed by atoms with van der Waals surface area (Å²) in [5.41, 5.74) is 5.26. The molecule has 0 atom stereocenters. The van der Waals surface area contributed by atoms with Crippen LogP contribution in [0.25, 0.3) is 10.9 Å². The first-order valence-corrected chi connectivity index (χ1v) is 7.31. The van der Waals surface area contributed by atoms with Gasteiger partial charge in [0.15, 0.2) is 0 Å². The number of hydrogen-bond donors (Lipinski definition) is 2. The molecule has 1 aromatic heterocycles. The summed E-state index contributed by atoms with van der Waals surface area (Å²) in [6.45, 7) is 2.43. The molecule has 0 spiro atoms. The molecule has 1 aliphatic carbocycles. The molecule has 0 saturated carbocycles. The number of carbonyl (C=O) groups is 1. The number of benzene rings is 1. The van der Waals surface area contributed by atoms with Crippen LogP contribution < -0.4 is 5.32 Å². The van der Waals surface area contributed by atoms with Crippen LogP contribution in [0, 0.1) is 0 Å². The fourth-order valence-electron chi connectivity index (χ4n) is 2.96. The minimum absolute atomic E-state index is 0.0382. The Hall–Kier alpha value is -2.03. The van der Waals surface area contributed by atoms with Crippen LogP contribution in [0.1, 0.15) is 36.6 Å². The highest BCUT2D eigenvalue weighted by molar-refractivity contribution is 5.88. The number of aryl methyl sites for hydroxylation is 2. The Labute approximate surface area is 119 Å². The summed E-state index contributed by atoms with van der Waals surface area (Å²) in [6, 6.07) is 6.43.